The van der Waals surface area contributed by atoms with Gasteiger partial charge in [-0.3, -0.25) is 9.67 Å². The van der Waals surface area contributed by atoms with Crippen molar-refractivity contribution in [3.63, 3.8) is 0 Å². The molecule has 0 saturated carbocycles. The smallest absolute Gasteiger partial charge is 0.190 e. The van der Waals surface area contributed by atoms with E-state index in [1.54, 1.807) is 18.4 Å². The van der Waals surface area contributed by atoms with Crippen molar-refractivity contribution in [1.82, 2.24) is 25.4 Å². The SMILES string of the molecule is CN=C(NCCc1csc(C)n1)NCCc1c(C)nn(C)c1C. The van der Waals surface area contributed by atoms with Crippen LogP contribution >= 0.6 is 11.3 Å². The second-order valence-corrected chi connectivity index (χ2v) is 6.62. The molecule has 0 aliphatic rings. The number of nitrogens with zero attached hydrogens (tertiary/aromatic N) is 4. The molecule has 126 valence electrons. The predicted molar refractivity (Wildman–Crippen MR) is 96.3 cm³/mol. The minimum Gasteiger partial charge on any atom is -0.356 e. The molecule has 23 heavy (non-hydrogen) atoms. The van der Waals surface area contributed by atoms with Crippen LogP contribution < -0.4 is 10.6 Å². The molecule has 0 radical (unpaired) electrons. The maximum absolute atomic E-state index is 4.47. The maximum Gasteiger partial charge on any atom is 0.190 e. The molecule has 0 aliphatic carbocycles. The van der Waals surface area contributed by atoms with Crippen LogP contribution in [0, 0.1) is 20.8 Å². The Morgan fingerprint density at radius 2 is 1.91 bits per heavy atom. The van der Waals surface area contributed by atoms with Crippen LogP contribution in [0.2, 0.25) is 0 Å². The van der Waals surface area contributed by atoms with Gasteiger partial charge in [-0.2, -0.15) is 5.10 Å². The van der Waals surface area contributed by atoms with Gasteiger partial charge in [-0.05, 0) is 32.8 Å². The van der Waals surface area contributed by atoms with E-state index < -0.39 is 0 Å². The molecule has 0 spiro atoms. The Balaban J connectivity index is 1.74. The van der Waals surface area contributed by atoms with Crippen molar-refractivity contribution in [1.29, 1.82) is 0 Å². The Morgan fingerprint density at radius 3 is 2.43 bits per heavy atom. The molecule has 0 fully saturated rings. The van der Waals surface area contributed by atoms with Gasteiger partial charge in [0.05, 0.1) is 16.4 Å². The summed E-state index contributed by atoms with van der Waals surface area (Å²) in [6.45, 7) is 7.87. The lowest BCUT2D eigenvalue weighted by Crippen LogP contribution is -2.39. The van der Waals surface area contributed by atoms with Crippen LogP contribution in [0.25, 0.3) is 0 Å². The summed E-state index contributed by atoms with van der Waals surface area (Å²) in [5, 5.41) is 14.4. The molecule has 0 bridgehead atoms. The number of hydrogen-bond acceptors (Lipinski definition) is 4. The third-order valence-corrected chi connectivity index (χ3v) is 4.71. The van der Waals surface area contributed by atoms with Gasteiger partial charge in [0.1, 0.15) is 0 Å². The lowest BCUT2D eigenvalue weighted by molar-refractivity contribution is 0.728. The first kappa shape index (κ1) is 17.5. The zero-order valence-electron chi connectivity index (χ0n) is 14.6. The van der Waals surface area contributed by atoms with E-state index in [4.69, 9.17) is 0 Å². The van der Waals surface area contributed by atoms with Gasteiger partial charge in [0, 0.05) is 44.7 Å². The van der Waals surface area contributed by atoms with Crippen molar-refractivity contribution in [2.75, 3.05) is 20.1 Å². The van der Waals surface area contributed by atoms with Crippen LogP contribution in [0.15, 0.2) is 10.4 Å². The van der Waals surface area contributed by atoms with Crippen LogP contribution in [0.1, 0.15) is 27.7 Å². The zero-order chi connectivity index (χ0) is 16.8. The van der Waals surface area contributed by atoms with E-state index in [0.29, 0.717) is 0 Å². The summed E-state index contributed by atoms with van der Waals surface area (Å²) >= 11 is 1.69. The number of guanidine groups is 1. The van der Waals surface area contributed by atoms with Gasteiger partial charge in [-0.25, -0.2) is 4.98 Å². The normalized spacial score (nSPS) is 11.8. The zero-order valence-corrected chi connectivity index (χ0v) is 15.4. The van der Waals surface area contributed by atoms with E-state index in [1.165, 1.54) is 11.3 Å². The van der Waals surface area contributed by atoms with Gasteiger partial charge >= 0.3 is 0 Å². The van der Waals surface area contributed by atoms with Crippen molar-refractivity contribution < 1.29 is 0 Å². The number of aryl methyl sites for hydroxylation is 3. The molecular weight excluding hydrogens is 308 g/mol. The Morgan fingerprint density at radius 1 is 1.22 bits per heavy atom. The van der Waals surface area contributed by atoms with E-state index in [-0.39, 0.29) is 0 Å². The number of rotatable bonds is 6. The van der Waals surface area contributed by atoms with Crippen molar-refractivity contribution in [3.05, 3.63) is 33.0 Å². The predicted octanol–water partition coefficient (Wildman–Crippen LogP) is 1.75. The van der Waals surface area contributed by atoms with E-state index in [0.717, 1.165) is 48.3 Å². The van der Waals surface area contributed by atoms with Gasteiger partial charge in [-0.1, -0.05) is 0 Å². The van der Waals surface area contributed by atoms with Crippen LogP contribution in [-0.2, 0) is 19.9 Å². The van der Waals surface area contributed by atoms with E-state index in [9.17, 15) is 0 Å². The minimum absolute atomic E-state index is 0.827. The Labute approximate surface area is 142 Å². The highest BCUT2D eigenvalue weighted by Crippen LogP contribution is 2.11. The molecule has 6 nitrogen and oxygen atoms in total. The molecule has 0 aliphatic heterocycles. The highest BCUT2D eigenvalue weighted by Gasteiger charge is 2.09. The minimum atomic E-state index is 0.827. The summed E-state index contributed by atoms with van der Waals surface area (Å²) in [5.74, 6) is 0.830. The number of aliphatic imine (C=N–C) groups is 1. The van der Waals surface area contributed by atoms with E-state index in [2.05, 4.69) is 44.9 Å². The average molecular weight is 334 g/mol. The molecule has 2 aromatic heterocycles. The van der Waals surface area contributed by atoms with E-state index in [1.807, 2.05) is 18.7 Å². The summed E-state index contributed by atoms with van der Waals surface area (Å²) in [6.07, 6.45) is 1.85. The largest absolute Gasteiger partial charge is 0.356 e. The van der Waals surface area contributed by atoms with Gasteiger partial charge in [0.2, 0.25) is 0 Å². The molecule has 7 heteroatoms. The van der Waals surface area contributed by atoms with Crippen LogP contribution in [0.3, 0.4) is 0 Å². The summed E-state index contributed by atoms with van der Waals surface area (Å²) < 4.78 is 1.94. The number of thiazole rings is 1. The van der Waals surface area contributed by atoms with Gasteiger partial charge < -0.3 is 10.6 Å². The molecule has 2 aromatic rings. The second-order valence-electron chi connectivity index (χ2n) is 5.56. The summed E-state index contributed by atoms with van der Waals surface area (Å²) in [5.41, 5.74) is 4.78. The highest BCUT2D eigenvalue weighted by atomic mass is 32.1. The Hall–Kier alpha value is -1.89. The first-order chi connectivity index (χ1) is 11.0. The lowest BCUT2D eigenvalue weighted by atomic mass is 10.1. The monoisotopic (exact) mass is 334 g/mol. The Kier molecular flexibility index (Phi) is 6.15. The van der Waals surface area contributed by atoms with Gasteiger partial charge in [-0.15, -0.1) is 11.3 Å². The molecule has 0 atom stereocenters. The van der Waals surface area contributed by atoms with Crippen molar-refractivity contribution in [3.8, 4) is 0 Å². The lowest BCUT2D eigenvalue weighted by Gasteiger charge is -2.11. The fraction of sp³-hybridized carbons (Fsp3) is 0.562. The van der Waals surface area contributed by atoms with Crippen LogP contribution in [-0.4, -0.2) is 40.9 Å². The fourth-order valence-electron chi connectivity index (χ4n) is 2.54. The van der Waals surface area contributed by atoms with Crippen molar-refractivity contribution >= 4 is 17.3 Å². The third kappa shape index (κ3) is 4.79. The quantitative estimate of drug-likeness (QED) is 0.624. The van der Waals surface area contributed by atoms with E-state index >= 15 is 0 Å². The molecule has 0 saturated heterocycles. The van der Waals surface area contributed by atoms with Crippen LogP contribution in [0.5, 0.6) is 0 Å². The molecule has 0 unspecified atom stereocenters. The van der Waals surface area contributed by atoms with Crippen molar-refractivity contribution in [2.45, 2.75) is 33.6 Å². The Bertz CT molecular complexity index is 670. The number of nitrogens with one attached hydrogen (secondary N) is 2. The topological polar surface area (TPSA) is 67.1 Å². The standard InChI is InChI=1S/C16H26N6S/c1-11-15(12(2)22(5)21-11)7-9-19-16(17-4)18-8-6-14-10-23-13(3)20-14/h10H,6-9H2,1-5H3,(H2,17,18,19). The highest BCUT2D eigenvalue weighted by molar-refractivity contribution is 7.09. The first-order valence-electron chi connectivity index (χ1n) is 7.86. The first-order valence-corrected chi connectivity index (χ1v) is 8.73. The summed E-state index contributed by atoms with van der Waals surface area (Å²) in [4.78, 5) is 8.73. The summed E-state index contributed by atoms with van der Waals surface area (Å²) in [7, 11) is 3.78. The molecule has 2 N–H and O–H groups in total. The summed E-state index contributed by atoms with van der Waals surface area (Å²) in [6, 6.07) is 0. The number of aromatic nitrogens is 3. The molecule has 0 amide bonds. The molecule has 2 rings (SSSR count). The van der Waals surface area contributed by atoms with Crippen LogP contribution in [0.4, 0.5) is 0 Å². The molecule has 0 aromatic carbocycles. The third-order valence-electron chi connectivity index (χ3n) is 3.89. The average Bonchev–Trinajstić information content (AvgIpc) is 3.03. The van der Waals surface area contributed by atoms with Gasteiger partial charge in [0.15, 0.2) is 5.96 Å². The second kappa shape index (κ2) is 8.10. The van der Waals surface area contributed by atoms with Crippen molar-refractivity contribution in [2.24, 2.45) is 12.0 Å². The molecular formula is C16H26N6S. The maximum atomic E-state index is 4.47. The van der Waals surface area contributed by atoms with Gasteiger partial charge in [0.25, 0.3) is 0 Å². The molecule has 2 heterocycles. The fourth-order valence-corrected chi connectivity index (χ4v) is 3.18. The number of hydrogen-bond donors (Lipinski definition) is 2.